The lowest BCUT2D eigenvalue weighted by Crippen LogP contribution is -2.18. The molecule has 0 saturated heterocycles. The molecule has 0 aliphatic heterocycles. The van der Waals surface area contributed by atoms with Crippen molar-refractivity contribution in [2.75, 3.05) is 5.32 Å². The Hall–Kier alpha value is -1.92. The van der Waals surface area contributed by atoms with Crippen LogP contribution in [0, 0.1) is 17.3 Å². The first-order chi connectivity index (χ1) is 7.44. The standard InChI is InChI=1S/C9H12N4O3/c1-9(2)4(5(9)7(15)16)6(14)12-8-10-3-11-13-8/h3-5H,1-2H3,(H,15,16)(H2,10,11,12,13,14)/t4-,5+/m0/s1. The van der Waals surface area contributed by atoms with Gasteiger partial charge in [-0.1, -0.05) is 13.8 Å². The van der Waals surface area contributed by atoms with Gasteiger partial charge in [0, 0.05) is 0 Å². The molecule has 2 rings (SSSR count). The minimum Gasteiger partial charge on any atom is -0.481 e. The fourth-order valence-electron chi connectivity index (χ4n) is 2.05. The number of anilines is 1. The molecule has 1 aliphatic rings. The summed E-state index contributed by atoms with van der Waals surface area (Å²) in [4.78, 5) is 26.4. The number of hydrogen-bond acceptors (Lipinski definition) is 4. The SMILES string of the molecule is CC1(C)[C@H](C(=O)Nc2ncn[nH]2)[C@@H]1C(=O)O. The molecule has 2 atom stereocenters. The van der Waals surface area contributed by atoms with Crippen molar-refractivity contribution in [3.8, 4) is 0 Å². The molecule has 1 heterocycles. The van der Waals surface area contributed by atoms with Gasteiger partial charge in [-0.2, -0.15) is 10.1 Å². The maximum Gasteiger partial charge on any atom is 0.307 e. The van der Waals surface area contributed by atoms with Gasteiger partial charge in [0.25, 0.3) is 0 Å². The Kier molecular flexibility index (Phi) is 2.18. The van der Waals surface area contributed by atoms with Crippen LogP contribution in [0.15, 0.2) is 6.33 Å². The summed E-state index contributed by atoms with van der Waals surface area (Å²) in [6, 6.07) is 0. The van der Waals surface area contributed by atoms with Crippen molar-refractivity contribution >= 4 is 17.8 Å². The van der Waals surface area contributed by atoms with E-state index in [0.29, 0.717) is 0 Å². The Labute approximate surface area is 91.3 Å². The summed E-state index contributed by atoms with van der Waals surface area (Å²) in [5, 5.41) is 17.5. The van der Waals surface area contributed by atoms with Gasteiger partial charge in [0.1, 0.15) is 6.33 Å². The average molecular weight is 224 g/mol. The number of carboxylic acids is 1. The number of hydrogen-bond donors (Lipinski definition) is 3. The van der Waals surface area contributed by atoms with Crippen molar-refractivity contribution in [3.63, 3.8) is 0 Å². The second-order valence-corrected chi connectivity index (χ2v) is 4.44. The van der Waals surface area contributed by atoms with E-state index in [4.69, 9.17) is 5.11 Å². The molecule has 1 aromatic heterocycles. The Morgan fingerprint density at radius 2 is 2.19 bits per heavy atom. The van der Waals surface area contributed by atoms with Crippen LogP contribution in [0.1, 0.15) is 13.8 Å². The van der Waals surface area contributed by atoms with E-state index in [1.807, 2.05) is 0 Å². The molecule has 0 bridgehead atoms. The van der Waals surface area contributed by atoms with Crippen LogP contribution < -0.4 is 5.32 Å². The van der Waals surface area contributed by atoms with E-state index < -0.39 is 23.2 Å². The summed E-state index contributed by atoms with van der Waals surface area (Å²) >= 11 is 0. The first-order valence-corrected chi connectivity index (χ1v) is 4.83. The summed E-state index contributed by atoms with van der Waals surface area (Å²) in [5.74, 6) is -2.20. The van der Waals surface area contributed by atoms with Crippen molar-refractivity contribution < 1.29 is 14.7 Å². The molecule has 86 valence electrons. The zero-order valence-corrected chi connectivity index (χ0v) is 8.89. The number of nitrogens with zero attached hydrogens (tertiary/aromatic N) is 2. The van der Waals surface area contributed by atoms with Crippen molar-refractivity contribution in [1.82, 2.24) is 15.2 Å². The molecule has 7 nitrogen and oxygen atoms in total. The van der Waals surface area contributed by atoms with Gasteiger partial charge >= 0.3 is 5.97 Å². The third-order valence-electron chi connectivity index (χ3n) is 3.03. The van der Waals surface area contributed by atoms with Crippen LogP contribution in [-0.2, 0) is 9.59 Å². The first kappa shape index (κ1) is 10.6. The average Bonchev–Trinajstić information content (AvgIpc) is 2.58. The summed E-state index contributed by atoms with van der Waals surface area (Å²) in [6.45, 7) is 3.52. The molecule has 7 heteroatoms. The lowest BCUT2D eigenvalue weighted by atomic mass is 10.1. The summed E-state index contributed by atoms with van der Waals surface area (Å²) < 4.78 is 0. The molecule has 0 aromatic carbocycles. The van der Waals surface area contributed by atoms with Crippen LogP contribution in [0.2, 0.25) is 0 Å². The molecule has 0 spiro atoms. The van der Waals surface area contributed by atoms with Crippen LogP contribution in [0.25, 0.3) is 0 Å². The summed E-state index contributed by atoms with van der Waals surface area (Å²) in [5.41, 5.74) is -0.504. The zero-order valence-electron chi connectivity index (χ0n) is 8.89. The number of carboxylic acid groups (broad SMARTS) is 1. The number of amides is 1. The molecule has 1 amide bonds. The number of nitrogens with one attached hydrogen (secondary N) is 2. The molecule has 1 fully saturated rings. The molecular formula is C9H12N4O3. The van der Waals surface area contributed by atoms with Crippen LogP contribution in [-0.4, -0.2) is 32.2 Å². The van der Waals surface area contributed by atoms with Crippen molar-refractivity contribution in [3.05, 3.63) is 6.33 Å². The minimum atomic E-state index is -0.942. The quantitative estimate of drug-likeness (QED) is 0.674. The highest BCUT2D eigenvalue weighted by atomic mass is 16.4. The molecular weight excluding hydrogens is 212 g/mol. The van der Waals surface area contributed by atoms with Gasteiger partial charge in [0.15, 0.2) is 0 Å². The number of carbonyl (C=O) groups excluding carboxylic acids is 1. The van der Waals surface area contributed by atoms with Crippen molar-refractivity contribution in [2.45, 2.75) is 13.8 Å². The second kappa shape index (κ2) is 3.29. The van der Waals surface area contributed by atoms with Crippen LogP contribution in [0.3, 0.4) is 0 Å². The number of aliphatic carboxylic acids is 1. The number of H-pyrrole nitrogens is 1. The molecule has 1 aromatic rings. The Bertz CT molecular complexity index is 426. The van der Waals surface area contributed by atoms with Gasteiger partial charge in [-0.25, -0.2) is 5.10 Å². The highest BCUT2D eigenvalue weighted by molar-refractivity contribution is 5.98. The maximum atomic E-state index is 11.7. The van der Waals surface area contributed by atoms with Gasteiger partial charge in [0.05, 0.1) is 11.8 Å². The predicted molar refractivity (Wildman–Crippen MR) is 53.4 cm³/mol. The van der Waals surface area contributed by atoms with Crippen LogP contribution >= 0.6 is 0 Å². The smallest absolute Gasteiger partial charge is 0.307 e. The van der Waals surface area contributed by atoms with Crippen LogP contribution in [0.4, 0.5) is 5.95 Å². The normalized spacial score (nSPS) is 26.1. The molecule has 0 unspecified atom stereocenters. The van der Waals surface area contributed by atoms with E-state index in [0.717, 1.165) is 0 Å². The molecule has 1 saturated carbocycles. The Balaban J connectivity index is 2.05. The lowest BCUT2D eigenvalue weighted by molar-refractivity contribution is -0.140. The van der Waals surface area contributed by atoms with E-state index in [1.54, 1.807) is 13.8 Å². The zero-order chi connectivity index (χ0) is 11.9. The van der Waals surface area contributed by atoms with Gasteiger partial charge in [-0.3, -0.25) is 14.9 Å². The second-order valence-electron chi connectivity index (χ2n) is 4.44. The highest BCUT2D eigenvalue weighted by Crippen LogP contribution is 2.58. The number of aromatic amines is 1. The molecule has 0 radical (unpaired) electrons. The first-order valence-electron chi connectivity index (χ1n) is 4.83. The van der Waals surface area contributed by atoms with E-state index in [1.165, 1.54) is 6.33 Å². The van der Waals surface area contributed by atoms with Gasteiger partial charge in [-0.15, -0.1) is 0 Å². The topological polar surface area (TPSA) is 108 Å². The van der Waals surface area contributed by atoms with Crippen molar-refractivity contribution in [2.24, 2.45) is 17.3 Å². The number of carbonyl (C=O) groups is 2. The van der Waals surface area contributed by atoms with Gasteiger partial charge in [0.2, 0.25) is 11.9 Å². The monoisotopic (exact) mass is 224 g/mol. The van der Waals surface area contributed by atoms with E-state index in [9.17, 15) is 9.59 Å². The van der Waals surface area contributed by atoms with E-state index >= 15 is 0 Å². The lowest BCUT2D eigenvalue weighted by Gasteiger charge is -2.01. The van der Waals surface area contributed by atoms with E-state index in [2.05, 4.69) is 20.5 Å². The Morgan fingerprint density at radius 3 is 2.62 bits per heavy atom. The molecule has 3 N–H and O–H groups in total. The minimum absolute atomic E-state index is 0.233. The number of aromatic nitrogens is 3. The highest BCUT2D eigenvalue weighted by Gasteiger charge is 2.65. The summed E-state index contributed by atoms with van der Waals surface area (Å²) in [6.07, 6.45) is 1.27. The number of rotatable bonds is 3. The third-order valence-corrected chi connectivity index (χ3v) is 3.03. The molecule has 16 heavy (non-hydrogen) atoms. The fourth-order valence-corrected chi connectivity index (χ4v) is 2.05. The Morgan fingerprint density at radius 1 is 1.50 bits per heavy atom. The molecule has 1 aliphatic carbocycles. The maximum absolute atomic E-state index is 11.7. The van der Waals surface area contributed by atoms with E-state index in [-0.39, 0.29) is 11.9 Å². The third kappa shape index (κ3) is 1.54. The van der Waals surface area contributed by atoms with Crippen LogP contribution in [0.5, 0.6) is 0 Å². The van der Waals surface area contributed by atoms with Gasteiger partial charge < -0.3 is 5.11 Å². The van der Waals surface area contributed by atoms with Gasteiger partial charge in [-0.05, 0) is 5.41 Å². The fraction of sp³-hybridized carbons (Fsp3) is 0.556. The largest absolute Gasteiger partial charge is 0.481 e. The summed E-state index contributed by atoms with van der Waals surface area (Å²) in [7, 11) is 0. The van der Waals surface area contributed by atoms with Crippen molar-refractivity contribution in [1.29, 1.82) is 0 Å². The predicted octanol–water partition coefficient (Wildman–Crippen LogP) is 0.1000.